The van der Waals surface area contributed by atoms with Gasteiger partial charge in [-0.1, -0.05) is 19.1 Å². The van der Waals surface area contributed by atoms with Crippen LogP contribution in [0.15, 0.2) is 36.7 Å². The molecule has 0 aliphatic carbocycles. The summed E-state index contributed by atoms with van der Waals surface area (Å²) in [4.78, 5) is 15.0. The van der Waals surface area contributed by atoms with Crippen LogP contribution < -0.4 is 10.1 Å². The molecule has 0 spiro atoms. The molecule has 0 bridgehead atoms. The molecule has 5 nitrogen and oxygen atoms in total. The summed E-state index contributed by atoms with van der Waals surface area (Å²) >= 11 is 0. The monoisotopic (exact) mass is 302 g/mol. The number of nitrogens with zero attached hydrogens (tertiary/aromatic N) is 1. The van der Waals surface area contributed by atoms with Crippen LogP contribution in [0, 0.1) is 0 Å². The number of ether oxygens (including phenoxy) is 1. The number of carbonyl (C=O) groups is 1. The molecule has 2 rings (SSSR count). The third kappa shape index (κ3) is 4.56. The number of hydrogen-bond acceptors (Lipinski definition) is 5. The van der Waals surface area contributed by atoms with Crippen LogP contribution in [0.1, 0.15) is 28.4 Å². The van der Waals surface area contributed by atoms with Gasteiger partial charge in [-0.3, -0.25) is 9.78 Å². The van der Waals surface area contributed by atoms with Crippen LogP contribution >= 0.6 is 0 Å². The molecular weight excluding hydrogens is 280 g/mol. The molecule has 0 unspecified atom stereocenters. The molecule has 0 saturated heterocycles. The first-order chi connectivity index (χ1) is 10.8. The van der Waals surface area contributed by atoms with Crippen molar-refractivity contribution < 1.29 is 14.6 Å². The molecule has 118 valence electrons. The van der Waals surface area contributed by atoms with Crippen LogP contribution in [-0.4, -0.2) is 30.6 Å². The normalized spacial score (nSPS) is 9.45. The van der Waals surface area contributed by atoms with Gasteiger partial charge in [0, 0.05) is 25.4 Å². The van der Waals surface area contributed by atoms with Gasteiger partial charge in [0.15, 0.2) is 6.29 Å². The largest absolute Gasteiger partial charge is 0.496 e. The quantitative estimate of drug-likeness (QED) is 0.803. The smallest absolute Gasteiger partial charge is 0.152 e. The molecule has 0 atom stereocenters. The Morgan fingerprint density at radius 1 is 1.32 bits per heavy atom. The van der Waals surface area contributed by atoms with Crippen molar-refractivity contribution in [2.24, 2.45) is 0 Å². The number of benzene rings is 1. The summed E-state index contributed by atoms with van der Waals surface area (Å²) in [6.07, 6.45) is 5.02. The molecule has 2 aromatic rings. The number of methoxy groups -OCH3 is 1. The second-order valence-corrected chi connectivity index (χ2v) is 4.43. The van der Waals surface area contributed by atoms with E-state index in [9.17, 15) is 4.79 Å². The molecule has 1 aromatic carbocycles. The maximum atomic E-state index is 10.9. The van der Waals surface area contributed by atoms with Gasteiger partial charge in [-0.2, -0.15) is 0 Å². The zero-order valence-corrected chi connectivity index (χ0v) is 13.2. The van der Waals surface area contributed by atoms with E-state index in [1.807, 2.05) is 6.07 Å². The van der Waals surface area contributed by atoms with Crippen LogP contribution in [0.4, 0.5) is 5.69 Å². The zero-order chi connectivity index (χ0) is 16.4. The second-order valence-electron chi connectivity index (χ2n) is 4.43. The summed E-state index contributed by atoms with van der Waals surface area (Å²) in [5.41, 5.74) is 3.63. The molecule has 0 saturated carbocycles. The molecule has 2 N–H and O–H groups in total. The number of aryl methyl sites for hydroxylation is 1. The molecule has 0 amide bonds. The first-order valence-electron chi connectivity index (χ1n) is 7.02. The van der Waals surface area contributed by atoms with Crippen LogP contribution in [0.5, 0.6) is 5.75 Å². The van der Waals surface area contributed by atoms with Gasteiger partial charge < -0.3 is 15.2 Å². The van der Waals surface area contributed by atoms with E-state index in [2.05, 4.69) is 29.4 Å². The summed E-state index contributed by atoms with van der Waals surface area (Å²) < 4.78 is 5.38. The highest BCUT2D eigenvalue weighted by Gasteiger charge is 2.04. The van der Waals surface area contributed by atoms with E-state index in [4.69, 9.17) is 9.84 Å². The first kappa shape index (κ1) is 17.7. The van der Waals surface area contributed by atoms with Gasteiger partial charge in [0.1, 0.15) is 5.75 Å². The Balaban J connectivity index is 0.00000116. The number of anilines is 1. The molecule has 0 aliphatic heterocycles. The van der Waals surface area contributed by atoms with Crippen molar-refractivity contribution in [3.8, 4) is 5.75 Å². The Hall–Kier alpha value is -2.40. The number of aldehydes is 1. The third-order valence-corrected chi connectivity index (χ3v) is 3.20. The fraction of sp³-hybridized carbons (Fsp3) is 0.294. The van der Waals surface area contributed by atoms with Crippen LogP contribution in [0.25, 0.3) is 0 Å². The number of rotatable bonds is 6. The lowest BCUT2D eigenvalue weighted by Gasteiger charge is -2.11. The SMILES string of the molecule is CCc1ccc(CNc2cnccc2C=O)cc1OC.CO. The van der Waals surface area contributed by atoms with Gasteiger partial charge in [-0.25, -0.2) is 0 Å². The molecule has 22 heavy (non-hydrogen) atoms. The minimum atomic E-state index is 0.608. The lowest BCUT2D eigenvalue weighted by Crippen LogP contribution is -2.03. The van der Waals surface area contributed by atoms with Crippen LogP contribution in [0.3, 0.4) is 0 Å². The fourth-order valence-electron chi connectivity index (χ4n) is 2.04. The van der Waals surface area contributed by atoms with E-state index >= 15 is 0 Å². The summed E-state index contributed by atoms with van der Waals surface area (Å²) in [6, 6.07) is 7.84. The molecular formula is C17H22N2O3. The van der Waals surface area contributed by atoms with Crippen LogP contribution in [0.2, 0.25) is 0 Å². The Morgan fingerprint density at radius 3 is 2.73 bits per heavy atom. The summed E-state index contributed by atoms with van der Waals surface area (Å²) in [5, 5.41) is 10.2. The summed E-state index contributed by atoms with van der Waals surface area (Å²) in [6.45, 7) is 2.72. The maximum Gasteiger partial charge on any atom is 0.152 e. The fourth-order valence-corrected chi connectivity index (χ4v) is 2.04. The second kappa shape index (κ2) is 9.52. The average molecular weight is 302 g/mol. The Morgan fingerprint density at radius 2 is 2.09 bits per heavy atom. The third-order valence-electron chi connectivity index (χ3n) is 3.20. The van der Waals surface area contributed by atoms with Gasteiger partial charge >= 0.3 is 0 Å². The molecule has 5 heteroatoms. The molecule has 0 fully saturated rings. The van der Waals surface area contributed by atoms with E-state index < -0.39 is 0 Å². The number of aliphatic hydroxyl groups excluding tert-OH is 1. The highest BCUT2D eigenvalue weighted by molar-refractivity contribution is 5.83. The average Bonchev–Trinajstić information content (AvgIpc) is 2.61. The number of hydrogen-bond donors (Lipinski definition) is 2. The topological polar surface area (TPSA) is 71.5 Å². The van der Waals surface area contributed by atoms with Crippen molar-refractivity contribution >= 4 is 12.0 Å². The standard InChI is InChI=1S/C16H18N2O2.CH4O/c1-3-13-5-4-12(8-16(13)20-2)9-18-15-10-17-7-6-14(15)11-19;1-2/h4-8,10-11,18H,3,9H2,1-2H3;2H,1H3. The van der Waals surface area contributed by atoms with Crippen molar-refractivity contribution in [2.75, 3.05) is 19.5 Å². The van der Waals surface area contributed by atoms with E-state index in [0.717, 1.165) is 36.8 Å². The van der Waals surface area contributed by atoms with E-state index in [-0.39, 0.29) is 0 Å². The first-order valence-corrected chi connectivity index (χ1v) is 7.02. The lowest BCUT2D eigenvalue weighted by atomic mass is 10.1. The highest BCUT2D eigenvalue weighted by atomic mass is 16.5. The van der Waals surface area contributed by atoms with Crippen molar-refractivity contribution in [1.29, 1.82) is 0 Å². The van der Waals surface area contributed by atoms with Gasteiger partial charge in [0.25, 0.3) is 0 Å². The minimum Gasteiger partial charge on any atom is -0.496 e. The van der Waals surface area contributed by atoms with E-state index in [1.54, 1.807) is 25.6 Å². The van der Waals surface area contributed by atoms with Crippen molar-refractivity contribution in [2.45, 2.75) is 19.9 Å². The van der Waals surface area contributed by atoms with Gasteiger partial charge in [-0.05, 0) is 29.7 Å². The minimum absolute atomic E-state index is 0.608. The van der Waals surface area contributed by atoms with E-state index in [1.165, 1.54) is 5.56 Å². The number of nitrogens with one attached hydrogen (secondary N) is 1. The number of aromatic nitrogens is 1. The van der Waals surface area contributed by atoms with Crippen molar-refractivity contribution in [3.05, 3.63) is 53.3 Å². The Kier molecular flexibility index (Phi) is 7.64. The summed E-state index contributed by atoms with van der Waals surface area (Å²) in [7, 11) is 2.68. The molecule has 0 radical (unpaired) electrons. The van der Waals surface area contributed by atoms with Gasteiger partial charge in [-0.15, -0.1) is 0 Å². The Labute approximate surface area is 131 Å². The predicted octanol–water partition coefficient (Wildman–Crippen LogP) is 2.69. The summed E-state index contributed by atoms with van der Waals surface area (Å²) in [5.74, 6) is 0.897. The molecule has 0 aliphatic rings. The van der Waals surface area contributed by atoms with Crippen molar-refractivity contribution in [3.63, 3.8) is 0 Å². The van der Waals surface area contributed by atoms with Gasteiger partial charge in [0.05, 0.1) is 19.0 Å². The van der Waals surface area contributed by atoms with Gasteiger partial charge in [0.2, 0.25) is 0 Å². The number of aliphatic hydroxyl groups is 1. The van der Waals surface area contributed by atoms with Crippen LogP contribution in [-0.2, 0) is 13.0 Å². The maximum absolute atomic E-state index is 10.9. The number of carbonyl (C=O) groups excluding carboxylic acids is 1. The van der Waals surface area contributed by atoms with Crippen molar-refractivity contribution in [1.82, 2.24) is 4.98 Å². The Bertz CT molecular complexity index is 600. The highest BCUT2D eigenvalue weighted by Crippen LogP contribution is 2.21. The zero-order valence-electron chi connectivity index (χ0n) is 13.2. The predicted molar refractivity (Wildman–Crippen MR) is 87.5 cm³/mol. The molecule has 1 heterocycles. The van der Waals surface area contributed by atoms with E-state index in [0.29, 0.717) is 12.1 Å². The molecule has 1 aromatic heterocycles. The number of pyridine rings is 1. The lowest BCUT2D eigenvalue weighted by molar-refractivity contribution is 0.112.